The van der Waals surface area contributed by atoms with E-state index in [1.807, 2.05) is 18.6 Å². The molecule has 1 unspecified atom stereocenters. The van der Waals surface area contributed by atoms with Crippen LogP contribution in [0.25, 0.3) is 0 Å². The summed E-state index contributed by atoms with van der Waals surface area (Å²) in [5, 5.41) is 6.94. The summed E-state index contributed by atoms with van der Waals surface area (Å²) < 4.78 is 12.9. The van der Waals surface area contributed by atoms with E-state index in [1.165, 1.54) is 0 Å². The van der Waals surface area contributed by atoms with E-state index in [4.69, 9.17) is 14.5 Å². The van der Waals surface area contributed by atoms with Crippen molar-refractivity contribution in [3.05, 3.63) is 36.9 Å². The van der Waals surface area contributed by atoms with Gasteiger partial charge >= 0.3 is 0 Å². The number of nitrogens with one attached hydrogen (secondary N) is 2. The maximum absolute atomic E-state index is 5.40. The Morgan fingerprint density at radius 3 is 2.69 bits per heavy atom. The van der Waals surface area contributed by atoms with E-state index in [2.05, 4.69) is 44.1 Å². The third-order valence-corrected chi connectivity index (χ3v) is 4.98. The summed E-state index contributed by atoms with van der Waals surface area (Å²) >= 11 is 0. The molecule has 8 nitrogen and oxygen atoms in total. The van der Waals surface area contributed by atoms with Gasteiger partial charge in [-0.05, 0) is 19.8 Å². The molecular formula is C21H32N6O2. The smallest absolute Gasteiger partial charge is 0.191 e. The highest BCUT2D eigenvalue weighted by molar-refractivity contribution is 5.80. The van der Waals surface area contributed by atoms with Crippen molar-refractivity contribution < 1.29 is 9.47 Å². The van der Waals surface area contributed by atoms with Gasteiger partial charge in [0.25, 0.3) is 0 Å². The van der Waals surface area contributed by atoms with Crippen LogP contribution in [0.15, 0.2) is 41.9 Å². The lowest BCUT2D eigenvalue weighted by Gasteiger charge is -2.21. The molecule has 3 rings (SSSR count). The van der Waals surface area contributed by atoms with Gasteiger partial charge in [-0.2, -0.15) is 0 Å². The van der Waals surface area contributed by atoms with Crippen molar-refractivity contribution in [1.29, 1.82) is 0 Å². The number of ether oxygens (including phenoxy) is 2. The van der Waals surface area contributed by atoms with Crippen LogP contribution in [0.4, 0.5) is 5.69 Å². The van der Waals surface area contributed by atoms with Crippen LogP contribution in [-0.2, 0) is 6.54 Å². The molecule has 0 saturated carbocycles. The quantitative estimate of drug-likeness (QED) is 0.382. The van der Waals surface area contributed by atoms with Crippen LogP contribution in [0.2, 0.25) is 0 Å². The predicted molar refractivity (Wildman–Crippen MR) is 116 cm³/mol. The number of benzene rings is 1. The minimum absolute atomic E-state index is 0.346. The average Bonchev–Trinajstić information content (AvgIpc) is 3.43. The van der Waals surface area contributed by atoms with Crippen molar-refractivity contribution in [2.75, 3.05) is 45.3 Å². The highest BCUT2D eigenvalue weighted by atomic mass is 16.5. The average molecular weight is 401 g/mol. The number of imidazole rings is 1. The molecule has 2 N–H and O–H groups in total. The molecule has 1 aliphatic heterocycles. The number of hydrogen-bond acceptors (Lipinski definition) is 5. The second kappa shape index (κ2) is 10.6. The molecule has 1 aromatic heterocycles. The molecule has 0 amide bonds. The summed E-state index contributed by atoms with van der Waals surface area (Å²) in [5.74, 6) is 2.50. The fourth-order valence-corrected chi connectivity index (χ4v) is 3.46. The van der Waals surface area contributed by atoms with E-state index < -0.39 is 0 Å². The number of methoxy groups -OCH3 is 2. The number of guanidine groups is 1. The van der Waals surface area contributed by atoms with Gasteiger partial charge in [-0.15, -0.1) is 0 Å². The Hall–Kier alpha value is -2.90. The molecule has 0 spiro atoms. The van der Waals surface area contributed by atoms with E-state index >= 15 is 0 Å². The Morgan fingerprint density at radius 1 is 1.24 bits per heavy atom. The monoisotopic (exact) mass is 400 g/mol. The predicted octanol–water partition coefficient (Wildman–Crippen LogP) is 2.12. The standard InChI is InChI=1S/C21H32N6O2/c1-4-23-21(24-7-5-9-26-11-8-22-16-26)25-17-6-10-27(15-17)18-12-19(28-2)14-20(13-18)29-3/h8,11-14,16-17H,4-7,9-10,15H2,1-3H3,(H2,23,24,25). The first kappa shape index (κ1) is 20.8. The minimum Gasteiger partial charge on any atom is -0.497 e. The van der Waals surface area contributed by atoms with Gasteiger partial charge in [0.2, 0.25) is 0 Å². The summed E-state index contributed by atoms with van der Waals surface area (Å²) in [6, 6.07) is 6.36. The number of rotatable bonds is 9. The van der Waals surface area contributed by atoms with Gasteiger partial charge in [0.05, 0.1) is 20.5 Å². The zero-order chi connectivity index (χ0) is 20.5. The van der Waals surface area contributed by atoms with Crippen molar-refractivity contribution in [3.63, 3.8) is 0 Å². The van der Waals surface area contributed by atoms with Gasteiger partial charge in [-0.25, -0.2) is 4.98 Å². The zero-order valence-electron chi connectivity index (χ0n) is 17.6. The second-order valence-corrected chi connectivity index (χ2v) is 7.06. The molecule has 1 fully saturated rings. The lowest BCUT2D eigenvalue weighted by Crippen LogP contribution is -2.44. The van der Waals surface area contributed by atoms with Gasteiger partial charge in [0, 0.05) is 75.0 Å². The van der Waals surface area contributed by atoms with Crippen LogP contribution in [0.5, 0.6) is 11.5 Å². The van der Waals surface area contributed by atoms with Crippen LogP contribution in [0, 0.1) is 0 Å². The van der Waals surface area contributed by atoms with Gasteiger partial charge < -0.3 is 29.6 Å². The summed E-state index contributed by atoms with van der Waals surface area (Å²) in [6.07, 6.45) is 7.66. The number of aliphatic imine (C=N–C) groups is 1. The van der Waals surface area contributed by atoms with Crippen LogP contribution in [0.3, 0.4) is 0 Å². The van der Waals surface area contributed by atoms with Crippen molar-refractivity contribution in [1.82, 2.24) is 20.2 Å². The van der Waals surface area contributed by atoms with Gasteiger partial charge in [0.1, 0.15) is 11.5 Å². The van der Waals surface area contributed by atoms with E-state index in [-0.39, 0.29) is 0 Å². The molecule has 1 aromatic carbocycles. The zero-order valence-corrected chi connectivity index (χ0v) is 17.6. The largest absolute Gasteiger partial charge is 0.497 e. The molecule has 158 valence electrons. The van der Waals surface area contributed by atoms with E-state index in [1.54, 1.807) is 20.4 Å². The van der Waals surface area contributed by atoms with E-state index in [0.717, 1.165) is 68.7 Å². The molecule has 1 atom stereocenters. The first-order valence-corrected chi connectivity index (χ1v) is 10.2. The maximum Gasteiger partial charge on any atom is 0.191 e. The molecule has 2 aromatic rings. The fraction of sp³-hybridized carbons (Fsp3) is 0.524. The van der Waals surface area contributed by atoms with Gasteiger partial charge in [0.15, 0.2) is 5.96 Å². The Kier molecular flexibility index (Phi) is 7.61. The van der Waals surface area contributed by atoms with Gasteiger partial charge in [-0.3, -0.25) is 4.99 Å². The molecule has 29 heavy (non-hydrogen) atoms. The Bertz CT molecular complexity index is 755. The number of hydrogen-bond donors (Lipinski definition) is 2. The van der Waals surface area contributed by atoms with Crippen molar-refractivity contribution in [2.45, 2.75) is 32.4 Å². The first-order valence-electron chi connectivity index (χ1n) is 10.2. The summed E-state index contributed by atoms with van der Waals surface area (Å²) in [5.41, 5.74) is 1.12. The van der Waals surface area contributed by atoms with Crippen LogP contribution >= 0.6 is 0 Å². The minimum atomic E-state index is 0.346. The lowest BCUT2D eigenvalue weighted by molar-refractivity contribution is 0.394. The number of aryl methyl sites for hydroxylation is 1. The first-order chi connectivity index (χ1) is 14.2. The van der Waals surface area contributed by atoms with E-state index in [9.17, 15) is 0 Å². The SMILES string of the molecule is CCNC(=NCCCn1ccnc1)NC1CCN(c2cc(OC)cc(OC)c2)C1. The molecule has 2 heterocycles. The third kappa shape index (κ3) is 6.04. The van der Waals surface area contributed by atoms with Crippen LogP contribution in [-0.4, -0.2) is 62.0 Å². The van der Waals surface area contributed by atoms with Gasteiger partial charge in [-0.1, -0.05) is 0 Å². The number of nitrogens with zero attached hydrogens (tertiary/aromatic N) is 4. The normalized spacial score (nSPS) is 16.7. The second-order valence-electron chi connectivity index (χ2n) is 7.06. The van der Waals surface area contributed by atoms with Crippen molar-refractivity contribution in [3.8, 4) is 11.5 Å². The summed E-state index contributed by atoms with van der Waals surface area (Å²) in [4.78, 5) is 11.2. The molecule has 1 aliphatic rings. The Balaban J connectivity index is 1.54. The van der Waals surface area contributed by atoms with Crippen LogP contribution < -0.4 is 25.0 Å². The molecule has 1 saturated heterocycles. The number of anilines is 1. The highest BCUT2D eigenvalue weighted by Gasteiger charge is 2.24. The summed E-state index contributed by atoms with van der Waals surface area (Å²) in [7, 11) is 3.36. The number of aromatic nitrogens is 2. The fourth-order valence-electron chi connectivity index (χ4n) is 3.46. The van der Waals surface area contributed by atoms with E-state index in [0.29, 0.717) is 6.04 Å². The lowest BCUT2D eigenvalue weighted by atomic mass is 10.2. The molecule has 8 heteroatoms. The topological polar surface area (TPSA) is 75.9 Å². The molecule has 0 aliphatic carbocycles. The maximum atomic E-state index is 5.40. The Labute approximate surface area is 172 Å². The molecule has 0 bridgehead atoms. The molecule has 0 radical (unpaired) electrons. The third-order valence-electron chi connectivity index (χ3n) is 4.98. The Morgan fingerprint density at radius 2 is 2.03 bits per heavy atom. The van der Waals surface area contributed by atoms with Crippen molar-refractivity contribution >= 4 is 11.6 Å². The van der Waals surface area contributed by atoms with Crippen molar-refractivity contribution in [2.24, 2.45) is 4.99 Å². The van der Waals surface area contributed by atoms with Crippen LogP contribution in [0.1, 0.15) is 19.8 Å². The molecular weight excluding hydrogens is 368 g/mol. The summed E-state index contributed by atoms with van der Waals surface area (Å²) in [6.45, 7) is 6.53. The highest BCUT2D eigenvalue weighted by Crippen LogP contribution is 2.30.